The Morgan fingerprint density at radius 2 is 2.00 bits per heavy atom. The summed E-state index contributed by atoms with van der Waals surface area (Å²) in [4.78, 5) is 34.3. The lowest BCUT2D eigenvalue weighted by Gasteiger charge is -2.10. The zero-order chi connectivity index (χ0) is 20.1. The molecule has 4 aromatic rings. The van der Waals surface area contributed by atoms with Gasteiger partial charge in [-0.2, -0.15) is 0 Å². The van der Waals surface area contributed by atoms with Crippen molar-refractivity contribution in [1.82, 2.24) is 35.1 Å². The highest BCUT2D eigenvalue weighted by atomic mass is 32.2. The number of aromatic nitrogens is 7. The largest absolute Gasteiger partial charge is 0.322 e. The van der Waals surface area contributed by atoms with E-state index in [0.29, 0.717) is 20.9 Å². The number of rotatable bonds is 6. The number of aromatic amines is 1. The first-order valence-electron chi connectivity index (χ1n) is 8.40. The van der Waals surface area contributed by atoms with Gasteiger partial charge in [-0.1, -0.05) is 11.8 Å². The molecule has 0 unspecified atom stereocenters. The van der Waals surface area contributed by atoms with Gasteiger partial charge in [-0.3, -0.25) is 14.8 Å². The summed E-state index contributed by atoms with van der Waals surface area (Å²) in [7, 11) is 0. The second kappa shape index (κ2) is 8.80. The average Bonchev–Trinajstić information content (AvgIpc) is 3.24. The van der Waals surface area contributed by atoms with Crippen molar-refractivity contribution >= 4 is 35.2 Å². The molecule has 29 heavy (non-hydrogen) atoms. The molecule has 0 spiro atoms. The van der Waals surface area contributed by atoms with Crippen molar-refractivity contribution in [1.29, 1.82) is 0 Å². The van der Waals surface area contributed by atoms with E-state index in [4.69, 9.17) is 0 Å². The van der Waals surface area contributed by atoms with E-state index in [-0.39, 0.29) is 11.6 Å². The standard InChI is InChI=1S/C18H14N8OS2/c1-11-2-3-12(8-21-11)28-13-4-5-15(29-18-22-10-23-26-18)25-16(13)17(27)24-14-9-19-6-7-20-14/h2-10H,1H3,(H,20,24,27)(H,22,23,26). The summed E-state index contributed by atoms with van der Waals surface area (Å²) in [5.41, 5.74) is 1.19. The molecule has 9 nitrogen and oxygen atoms in total. The lowest BCUT2D eigenvalue weighted by atomic mass is 10.3. The number of hydrogen-bond donors (Lipinski definition) is 2. The molecule has 4 aromatic heterocycles. The first-order valence-corrected chi connectivity index (χ1v) is 10.0. The summed E-state index contributed by atoms with van der Waals surface area (Å²) >= 11 is 2.69. The third-order valence-electron chi connectivity index (χ3n) is 3.56. The van der Waals surface area contributed by atoms with Gasteiger partial charge in [0, 0.05) is 34.1 Å². The van der Waals surface area contributed by atoms with Crippen molar-refractivity contribution in [3.8, 4) is 0 Å². The average molecular weight is 422 g/mol. The Hall–Kier alpha value is -3.31. The maximum absolute atomic E-state index is 12.9. The van der Waals surface area contributed by atoms with Crippen molar-refractivity contribution in [3.05, 3.63) is 66.8 Å². The van der Waals surface area contributed by atoms with Gasteiger partial charge in [-0.05, 0) is 43.0 Å². The molecule has 4 heterocycles. The van der Waals surface area contributed by atoms with Crippen LogP contribution < -0.4 is 5.32 Å². The first kappa shape index (κ1) is 19.0. The molecule has 0 fully saturated rings. The lowest BCUT2D eigenvalue weighted by Crippen LogP contribution is -2.16. The Labute approximate surface area is 174 Å². The van der Waals surface area contributed by atoms with E-state index in [0.717, 1.165) is 10.6 Å². The maximum atomic E-state index is 12.9. The smallest absolute Gasteiger partial charge is 0.276 e. The predicted molar refractivity (Wildman–Crippen MR) is 108 cm³/mol. The summed E-state index contributed by atoms with van der Waals surface area (Å²) in [6.45, 7) is 1.92. The van der Waals surface area contributed by atoms with E-state index >= 15 is 0 Å². The molecule has 144 valence electrons. The molecule has 0 saturated carbocycles. The summed E-state index contributed by atoms with van der Waals surface area (Å²) < 4.78 is 0. The van der Waals surface area contributed by atoms with Crippen molar-refractivity contribution < 1.29 is 4.79 Å². The summed E-state index contributed by atoms with van der Waals surface area (Å²) in [5.74, 6) is -0.0337. The number of aryl methyl sites for hydroxylation is 1. The quantitative estimate of drug-likeness (QED) is 0.482. The number of pyridine rings is 2. The number of carbonyl (C=O) groups excluding carboxylic acids is 1. The van der Waals surface area contributed by atoms with Crippen LogP contribution in [-0.4, -0.2) is 41.0 Å². The van der Waals surface area contributed by atoms with E-state index in [1.165, 1.54) is 48.4 Å². The second-order valence-electron chi connectivity index (χ2n) is 5.67. The van der Waals surface area contributed by atoms with Crippen molar-refractivity contribution in [2.24, 2.45) is 0 Å². The number of nitrogens with zero attached hydrogens (tertiary/aromatic N) is 6. The van der Waals surface area contributed by atoms with Gasteiger partial charge in [0.1, 0.15) is 17.0 Å². The predicted octanol–water partition coefficient (Wildman–Crippen LogP) is 3.25. The van der Waals surface area contributed by atoms with Crippen LogP contribution in [0.4, 0.5) is 5.82 Å². The van der Waals surface area contributed by atoms with Gasteiger partial charge in [0.15, 0.2) is 11.0 Å². The lowest BCUT2D eigenvalue weighted by molar-refractivity contribution is 0.101. The molecule has 0 aromatic carbocycles. The Kier molecular flexibility index (Phi) is 5.77. The van der Waals surface area contributed by atoms with Crippen LogP contribution in [-0.2, 0) is 0 Å². The van der Waals surface area contributed by atoms with E-state index in [2.05, 4.69) is 40.4 Å². The number of carbonyl (C=O) groups is 1. The van der Waals surface area contributed by atoms with Crippen LogP contribution in [0.2, 0.25) is 0 Å². The topological polar surface area (TPSA) is 122 Å². The fourth-order valence-corrected chi connectivity index (χ4v) is 3.79. The van der Waals surface area contributed by atoms with Crippen molar-refractivity contribution in [3.63, 3.8) is 0 Å². The van der Waals surface area contributed by atoms with E-state index in [9.17, 15) is 4.79 Å². The number of H-pyrrole nitrogens is 1. The van der Waals surface area contributed by atoms with Crippen molar-refractivity contribution in [2.75, 3.05) is 5.32 Å². The Morgan fingerprint density at radius 1 is 1.07 bits per heavy atom. The van der Waals surface area contributed by atoms with E-state index in [1.807, 2.05) is 31.2 Å². The van der Waals surface area contributed by atoms with Gasteiger partial charge in [0.05, 0.1) is 6.20 Å². The zero-order valence-corrected chi connectivity index (χ0v) is 16.7. The zero-order valence-electron chi connectivity index (χ0n) is 15.1. The molecule has 0 bridgehead atoms. The number of anilines is 1. The molecule has 2 N–H and O–H groups in total. The van der Waals surface area contributed by atoms with Crippen LogP contribution in [0, 0.1) is 6.92 Å². The molecule has 0 aliphatic heterocycles. The molecule has 1 amide bonds. The summed E-state index contributed by atoms with van der Waals surface area (Å²) in [6.07, 6.45) is 7.77. The Bertz CT molecular complexity index is 1100. The van der Waals surface area contributed by atoms with Crippen LogP contribution in [0.5, 0.6) is 0 Å². The number of amides is 1. The highest BCUT2D eigenvalue weighted by Gasteiger charge is 2.17. The van der Waals surface area contributed by atoms with Gasteiger partial charge in [0.25, 0.3) is 5.91 Å². The fraction of sp³-hybridized carbons (Fsp3) is 0.0556. The molecule has 4 rings (SSSR count). The second-order valence-corrected chi connectivity index (χ2v) is 7.80. The highest BCUT2D eigenvalue weighted by molar-refractivity contribution is 7.99. The monoisotopic (exact) mass is 422 g/mol. The number of hydrogen-bond acceptors (Lipinski definition) is 9. The minimum absolute atomic E-state index is 0.269. The molecule has 0 saturated heterocycles. The van der Waals surface area contributed by atoms with Gasteiger partial charge < -0.3 is 10.3 Å². The normalized spacial score (nSPS) is 10.7. The fourth-order valence-electron chi connectivity index (χ4n) is 2.25. The van der Waals surface area contributed by atoms with E-state index < -0.39 is 0 Å². The van der Waals surface area contributed by atoms with Crippen LogP contribution in [0.3, 0.4) is 0 Å². The van der Waals surface area contributed by atoms with Gasteiger partial charge in [-0.15, -0.1) is 10.2 Å². The molecular formula is C18H14N8OS2. The first-order chi connectivity index (χ1) is 14.2. The maximum Gasteiger partial charge on any atom is 0.276 e. The molecule has 0 radical (unpaired) electrons. The van der Waals surface area contributed by atoms with Crippen molar-refractivity contribution in [2.45, 2.75) is 26.9 Å². The van der Waals surface area contributed by atoms with Gasteiger partial charge >= 0.3 is 0 Å². The molecule has 0 aliphatic carbocycles. The molecule has 0 atom stereocenters. The molecule has 11 heteroatoms. The van der Waals surface area contributed by atoms with E-state index in [1.54, 1.807) is 6.20 Å². The molecular weight excluding hydrogens is 408 g/mol. The highest BCUT2D eigenvalue weighted by Crippen LogP contribution is 2.32. The minimum atomic E-state index is -0.381. The SMILES string of the molecule is Cc1ccc(Sc2ccc(Sc3nnc[nH]3)nc2C(=O)Nc2cnccn2)cn1. The van der Waals surface area contributed by atoms with Gasteiger partial charge in [-0.25, -0.2) is 9.97 Å². The Balaban J connectivity index is 1.65. The van der Waals surface area contributed by atoms with Crippen LogP contribution in [0.1, 0.15) is 16.2 Å². The number of nitrogens with one attached hydrogen (secondary N) is 2. The van der Waals surface area contributed by atoms with Crippen LogP contribution >= 0.6 is 23.5 Å². The molecule has 0 aliphatic rings. The third kappa shape index (κ3) is 4.95. The van der Waals surface area contributed by atoms with Crippen LogP contribution in [0.25, 0.3) is 0 Å². The summed E-state index contributed by atoms with van der Waals surface area (Å²) in [5, 5.41) is 11.6. The summed E-state index contributed by atoms with van der Waals surface area (Å²) in [6, 6.07) is 7.55. The minimum Gasteiger partial charge on any atom is -0.322 e. The third-order valence-corrected chi connectivity index (χ3v) is 5.42. The van der Waals surface area contributed by atoms with Crippen LogP contribution in [0.15, 0.2) is 75.4 Å². The van der Waals surface area contributed by atoms with Gasteiger partial charge in [0.2, 0.25) is 0 Å². The Morgan fingerprint density at radius 3 is 2.72 bits per heavy atom.